The van der Waals surface area contributed by atoms with E-state index in [2.05, 4.69) is 10.4 Å². The minimum absolute atomic E-state index is 0.00681. The SMILES string of the molecule is COc1ccc(F)cc1CNC(=O)CCC(C)n1cc(-c2ccc(F)cc2)c(C)n1. The number of nitrogens with one attached hydrogen (secondary N) is 1. The maximum atomic E-state index is 13.4. The Morgan fingerprint density at radius 2 is 1.87 bits per heavy atom. The lowest BCUT2D eigenvalue weighted by Gasteiger charge is -2.13. The molecule has 0 spiro atoms. The molecule has 3 rings (SSSR count). The maximum Gasteiger partial charge on any atom is 0.220 e. The third kappa shape index (κ3) is 5.23. The van der Waals surface area contributed by atoms with E-state index in [1.54, 1.807) is 12.1 Å². The molecule has 0 aliphatic rings. The Balaban J connectivity index is 1.56. The molecule has 1 amide bonds. The number of aromatic nitrogens is 2. The fraction of sp³-hybridized carbons (Fsp3) is 0.304. The topological polar surface area (TPSA) is 56.1 Å². The number of halogens is 2. The lowest BCUT2D eigenvalue weighted by Crippen LogP contribution is -2.23. The Hall–Kier alpha value is -3.22. The summed E-state index contributed by atoms with van der Waals surface area (Å²) in [5.41, 5.74) is 3.26. The van der Waals surface area contributed by atoms with E-state index in [1.165, 1.54) is 37.4 Å². The van der Waals surface area contributed by atoms with Gasteiger partial charge in [0, 0.05) is 36.3 Å². The second-order valence-electron chi connectivity index (χ2n) is 7.24. The normalized spacial score (nSPS) is 11.9. The predicted molar refractivity (Wildman–Crippen MR) is 111 cm³/mol. The van der Waals surface area contributed by atoms with E-state index in [1.807, 2.05) is 24.7 Å². The van der Waals surface area contributed by atoms with Crippen LogP contribution in [-0.2, 0) is 11.3 Å². The first-order chi connectivity index (χ1) is 14.4. The van der Waals surface area contributed by atoms with Crippen molar-refractivity contribution in [1.82, 2.24) is 15.1 Å². The van der Waals surface area contributed by atoms with Gasteiger partial charge in [-0.15, -0.1) is 0 Å². The van der Waals surface area contributed by atoms with Gasteiger partial charge in [-0.1, -0.05) is 12.1 Å². The summed E-state index contributed by atoms with van der Waals surface area (Å²) in [4.78, 5) is 12.3. The molecule has 5 nitrogen and oxygen atoms in total. The largest absolute Gasteiger partial charge is 0.496 e. The lowest BCUT2D eigenvalue weighted by molar-refractivity contribution is -0.121. The molecule has 0 fully saturated rings. The van der Waals surface area contributed by atoms with Crippen molar-refractivity contribution in [3.05, 3.63) is 71.6 Å². The predicted octanol–water partition coefficient (Wildman–Crippen LogP) is 4.80. The van der Waals surface area contributed by atoms with Gasteiger partial charge in [0.15, 0.2) is 0 Å². The Kier molecular flexibility index (Phi) is 6.82. The molecule has 3 aromatic rings. The molecule has 0 radical (unpaired) electrons. The minimum Gasteiger partial charge on any atom is -0.496 e. The summed E-state index contributed by atoms with van der Waals surface area (Å²) < 4.78 is 33.6. The van der Waals surface area contributed by atoms with Gasteiger partial charge >= 0.3 is 0 Å². The Labute approximate surface area is 174 Å². The molecule has 0 aliphatic carbocycles. The highest BCUT2D eigenvalue weighted by Gasteiger charge is 2.14. The van der Waals surface area contributed by atoms with Crippen molar-refractivity contribution < 1.29 is 18.3 Å². The van der Waals surface area contributed by atoms with Gasteiger partial charge in [0.2, 0.25) is 5.91 Å². The molecular weight excluding hydrogens is 388 g/mol. The molecule has 30 heavy (non-hydrogen) atoms. The number of ether oxygens (including phenoxy) is 1. The van der Waals surface area contributed by atoms with Gasteiger partial charge in [-0.05, 0) is 56.2 Å². The zero-order valence-electron chi connectivity index (χ0n) is 17.3. The number of carbonyl (C=O) groups excluding carboxylic acids is 1. The van der Waals surface area contributed by atoms with Crippen molar-refractivity contribution in [2.75, 3.05) is 7.11 Å². The molecule has 7 heteroatoms. The summed E-state index contributed by atoms with van der Waals surface area (Å²) in [5, 5.41) is 7.35. The average Bonchev–Trinajstić information content (AvgIpc) is 3.13. The zero-order chi connectivity index (χ0) is 21.7. The van der Waals surface area contributed by atoms with Crippen LogP contribution in [-0.4, -0.2) is 22.8 Å². The van der Waals surface area contributed by atoms with Gasteiger partial charge < -0.3 is 10.1 Å². The van der Waals surface area contributed by atoms with Crippen LogP contribution in [0.1, 0.15) is 37.1 Å². The molecule has 1 unspecified atom stereocenters. The molecule has 1 heterocycles. The van der Waals surface area contributed by atoms with Gasteiger partial charge in [-0.2, -0.15) is 5.10 Å². The van der Waals surface area contributed by atoms with Crippen LogP contribution in [0.2, 0.25) is 0 Å². The van der Waals surface area contributed by atoms with E-state index in [-0.39, 0.29) is 30.1 Å². The number of carbonyl (C=O) groups is 1. The zero-order valence-corrected chi connectivity index (χ0v) is 17.3. The molecular formula is C23H25F2N3O2. The van der Waals surface area contributed by atoms with Crippen LogP contribution < -0.4 is 10.1 Å². The van der Waals surface area contributed by atoms with Crippen LogP contribution in [0.5, 0.6) is 5.75 Å². The molecule has 0 saturated carbocycles. The first-order valence-electron chi connectivity index (χ1n) is 9.78. The van der Waals surface area contributed by atoms with E-state index in [0.29, 0.717) is 24.2 Å². The van der Waals surface area contributed by atoms with E-state index in [4.69, 9.17) is 4.74 Å². The van der Waals surface area contributed by atoms with E-state index >= 15 is 0 Å². The van der Waals surface area contributed by atoms with E-state index < -0.39 is 0 Å². The van der Waals surface area contributed by atoms with Crippen LogP contribution in [0.25, 0.3) is 11.1 Å². The summed E-state index contributed by atoms with van der Waals surface area (Å²) in [6.45, 7) is 4.09. The molecule has 2 aromatic carbocycles. The van der Waals surface area contributed by atoms with Gasteiger partial charge in [0.25, 0.3) is 0 Å². The highest BCUT2D eigenvalue weighted by atomic mass is 19.1. The molecule has 0 bridgehead atoms. The smallest absolute Gasteiger partial charge is 0.220 e. The third-order valence-corrected chi connectivity index (χ3v) is 5.03. The van der Waals surface area contributed by atoms with E-state index in [9.17, 15) is 13.6 Å². The van der Waals surface area contributed by atoms with Crippen molar-refractivity contribution in [3.8, 4) is 16.9 Å². The first kappa shape index (κ1) is 21.5. The van der Waals surface area contributed by atoms with Crippen LogP contribution >= 0.6 is 0 Å². The summed E-state index contributed by atoms with van der Waals surface area (Å²) in [7, 11) is 1.51. The lowest BCUT2D eigenvalue weighted by atomic mass is 10.1. The summed E-state index contributed by atoms with van der Waals surface area (Å²) in [6.07, 6.45) is 2.82. The van der Waals surface area contributed by atoms with Crippen molar-refractivity contribution in [2.45, 2.75) is 39.3 Å². The molecule has 1 N–H and O–H groups in total. The highest BCUT2D eigenvalue weighted by molar-refractivity contribution is 5.76. The number of rotatable bonds is 8. The Bertz CT molecular complexity index is 1020. The average molecular weight is 413 g/mol. The van der Waals surface area contributed by atoms with Crippen LogP contribution in [0.15, 0.2) is 48.7 Å². The van der Waals surface area contributed by atoms with Crippen molar-refractivity contribution in [1.29, 1.82) is 0 Å². The number of nitrogens with zero attached hydrogens (tertiary/aromatic N) is 2. The Morgan fingerprint density at radius 1 is 1.17 bits per heavy atom. The monoisotopic (exact) mass is 413 g/mol. The fourth-order valence-corrected chi connectivity index (χ4v) is 3.26. The maximum absolute atomic E-state index is 13.4. The summed E-state index contributed by atoms with van der Waals surface area (Å²) in [5.74, 6) is -0.250. The Morgan fingerprint density at radius 3 is 2.57 bits per heavy atom. The highest BCUT2D eigenvalue weighted by Crippen LogP contribution is 2.25. The van der Waals surface area contributed by atoms with Crippen molar-refractivity contribution >= 4 is 5.91 Å². The fourth-order valence-electron chi connectivity index (χ4n) is 3.26. The second kappa shape index (κ2) is 9.52. The third-order valence-electron chi connectivity index (χ3n) is 5.03. The summed E-state index contributed by atoms with van der Waals surface area (Å²) >= 11 is 0. The van der Waals surface area contributed by atoms with Crippen LogP contribution in [0.3, 0.4) is 0 Å². The van der Waals surface area contributed by atoms with Gasteiger partial charge in [0.1, 0.15) is 17.4 Å². The van der Waals surface area contributed by atoms with Gasteiger partial charge in [-0.25, -0.2) is 8.78 Å². The minimum atomic E-state index is -0.375. The standard InChI is InChI=1S/C23H25F2N3O2/c1-15(28-14-21(16(2)27-28)17-5-7-19(24)8-6-17)4-11-23(29)26-13-18-12-20(25)9-10-22(18)30-3/h5-10,12,14-15H,4,11,13H2,1-3H3,(H,26,29). The van der Waals surface area contributed by atoms with E-state index in [0.717, 1.165) is 16.8 Å². The number of benzene rings is 2. The molecule has 0 saturated heterocycles. The molecule has 0 aliphatic heterocycles. The van der Waals surface area contributed by atoms with Crippen molar-refractivity contribution in [3.63, 3.8) is 0 Å². The molecule has 1 aromatic heterocycles. The van der Waals surface area contributed by atoms with Gasteiger partial charge in [0.05, 0.1) is 12.8 Å². The number of methoxy groups -OCH3 is 1. The summed E-state index contributed by atoms with van der Waals surface area (Å²) in [6, 6.07) is 10.5. The second-order valence-corrected chi connectivity index (χ2v) is 7.24. The number of hydrogen-bond acceptors (Lipinski definition) is 3. The number of amides is 1. The first-order valence-corrected chi connectivity index (χ1v) is 9.78. The number of hydrogen-bond donors (Lipinski definition) is 1. The molecule has 1 atom stereocenters. The molecule has 158 valence electrons. The quantitative estimate of drug-likeness (QED) is 0.577. The van der Waals surface area contributed by atoms with Gasteiger partial charge in [-0.3, -0.25) is 9.48 Å². The van der Waals surface area contributed by atoms with Crippen LogP contribution in [0.4, 0.5) is 8.78 Å². The van der Waals surface area contributed by atoms with Crippen LogP contribution in [0, 0.1) is 18.6 Å². The number of aryl methyl sites for hydroxylation is 1. The van der Waals surface area contributed by atoms with Crippen molar-refractivity contribution in [2.24, 2.45) is 0 Å².